The van der Waals surface area contributed by atoms with E-state index in [1.807, 2.05) is 35.2 Å². The average Bonchev–Trinajstić information content (AvgIpc) is 3.36. The second-order valence-electron chi connectivity index (χ2n) is 7.55. The highest BCUT2D eigenvalue weighted by Crippen LogP contribution is 2.46. The highest BCUT2D eigenvalue weighted by atomic mass is 79.9. The highest BCUT2D eigenvalue weighted by molar-refractivity contribution is 9.10. The molecule has 2 amide bonds. The number of likely N-dealkylation sites (tertiary alicyclic amines) is 1. The summed E-state index contributed by atoms with van der Waals surface area (Å²) in [4.78, 5) is 27.0. The number of benzene rings is 2. The predicted molar refractivity (Wildman–Crippen MR) is 108 cm³/mol. The Labute approximate surface area is 168 Å². The summed E-state index contributed by atoms with van der Waals surface area (Å²) in [6.45, 7) is 1.19. The molecule has 1 atom stereocenters. The molecule has 2 aromatic rings. The number of rotatable bonds is 6. The largest absolute Gasteiger partial charge is 0.346 e. The van der Waals surface area contributed by atoms with E-state index in [0.29, 0.717) is 19.5 Å². The van der Waals surface area contributed by atoms with Gasteiger partial charge in [0.2, 0.25) is 11.8 Å². The molecule has 0 spiro atoms. The molecule has 1 heterocycles. The second kappa shape index (κ2) is 7.47. The molecule has 0 aromatic heterocycles. The molecule has 1 saturated heterocycles. The molecule has 1 aliphatic carbocycles. The monoisotopic (exact) mass is 426 g/mol. The van der Waals surface area contributed by atoms with Crippen LogP contribution in [0.15, 0.2) is 59.1 Å². The third-order valence-electron chi connectivity index (χ3n) is 5.61. The minimum Gasteiger partial charge on any atom is -0.346 e. The summed E-state index contributed by atoms with van der Waals surface area (Å²) in [7, 11) is 0. The van der Waals surface area contributed by atoms with Gasteiger partial charge < -0.3 is 10.2 Å². The van der Waals surface area contributed by atoms with Gasteiger partial charge in [0, 0.05) is 24.0 Å². The smallest absolute Gasteiger partial charge is 0.226 e. The van der Waals surface area contributed by atoms with E-state index in [2.05, 4.69) is 45.5 Å². The summed E-state index contributed by atoms with van der Waals surface area (Å²) in [5.41, 5.74) is 2.12. The number of halogens is 1. The van der Waals surface area contributed by atoms with Crippen LogP contribution in [0.5, 0.6) is 0 Å². The highest BCUT2D eigenvalue weighted by Gasteiger charge is 2.47. The fourth-order valence-electron chi connectivity index (χ4n) is 3.79. The number of hydrogen-bond acceptors (Lipinski definition) is 2. The van der Waals surface area contributed by atoms with E-state index in [4.69, 9.17) is 0 Å². The van der Waals surface area contributed by atoms with Crippen LogP contribution >= 0.6 is 15.9 Å². The number of carbonyl (C=O) groups excluding carboxylic acids is 2. The topological polar surface area (TPSA) is 49.4 Å². The lowest BCUT2D eigenvalue weighted by molar-refractivity contribution is -0.129. The Morgan fingerprint density at radius 3 is 2.48 bits per heavy atom. The van der Waals surface area contributed by atoms with Crippen molar-refractivity contribution in [3.8, 4) is 0 Å². The molecular weight excluding hydrogens is 404 g/mol. The van der Waals surface area contributed by atoms with Crippen molar-refractivity contribution in [3.63, 3.8) is 0 Å². The van der Waals surface area contributed by atoms with Crippen molar-refractivity contribution >= 4 is 27.7 Å². The van der Waals surface area contributed by atoms with Gasteiger partial charge in [-0.1, -0.05) is 58.4 Å². The molecular formula is C22H23BrN2O2. The van der Waals surface area contributed by atoms with Gasteiger partial charge in [-0.15, -0.1) is 0 Å². The molecule has 0 bridgehead atoms. The molecule has 0 radical (unpaired) electrons. The van der Waals surface area contributed by atoms with E-state index in [9.17, 15) is 9.59 Å². The molecule has 140 valence electrons. The van der Waals surface area contributed by atoms with Gasteiger partial charge in [-0.2, -0.15) is 0 Å². The van der Waals surface area contributed by atoms with Crippen molar-refractivity contribution in [3.05, 3.63) is 70.2 Å². The number of amides is 2. The van der Waals surface area contributed by atoms with E-state index < -0.39 is 0 Å². The fraction of sp³-hybridized carbons (Fsp3) is 0.364. The van der Waals surface area contributed by atoms with Crippen LogP contribution in [-0.2, 0) is 21.5 Å². The molecule has 1 saturated carbocycles. The van der Waals surface area contributed by atoms with Crippen LogP contribution in [-0.4, -0.2) is 29.8 Å². The van der Waals surface area contributed by atoms with Crippen LogP contribution in [0.1, 0.15) is 30.4 Å². The summed E-state index contributed by atoms with van der Waals surface area (Å²) < 4.78 is 1.03. The van der Waals surface area contributed by atoms with E-state index in [-0.39, 0.29) is 23.3 Å². The van der Waals surface area contributed by atoms with E-state index in [0.717, 1.165) is 29.3 Å². The molecule has 27 heavy (non-hydrogen) atoms. The first-order valence-electron chi connectivity index (χ1n) is 9.45. The van der Waals surface area contributed by atoms with Gasteiger partial charge in [0.05, 0.1) is 11.5 Å². The lowest BCUT2D eigenvalue weighted by Crippen LogP contribution is -2.40. The van der Waals surface area contributed by atoms with Crippen molar-refractivity contribution in [2.75, 3.05) is 13.1 Å². The summed E-state index contributed by atoms with van der Waals surface area (Å²) in [5, 5.41) is 3.23. The normalized spacial score (nSPS) is 20.6. The van der Waals surface area contributed by atoms with Crippen LogP contribution in [0.25, 0.3) is 0 Å². The van der Waals surface area contributed by atoms with Crippen LogP contribution in [0.4, 0.5) is 0 Å². The van der Waals surface area contributed by atoms with Crippen LogP contribution in [0.3, 0.4) is 0 Å². The zero-order valence-electron chi connectivity index (χ0n) is 15.2. The zero-order chi connectivity index (χ0) is 18.9. The molecule has 1 aliphatic heterocycles. The second-order valence-corrected chi connectivity index (χ2v) is 8.47. The Hall–Kier alpha value is -2.14. The standard InChI is InChI=1S/C22H23BrN2O2/c23-19-8-6-18(7-9-19)22(11-12-22)24-21(27)17-14-20(26)25(15-17)13-10-16-4-2-1-3-5-16/h1-9,17H,10-15H2,(H,24,27). The van der Waals surface area contributed by atoms with Gasteiger partial charge in [-0.25, -0.2) is 0 Å². The summed E-state index contributed by atoms with van der Waals surface area (Å²) in [6.07, 6.45) is 3.05. The van der Waals surface area contributed by atoms with Crippen LogP contribution in [0.2, 0.25) is 0 Å². The minimum atomic E-state index is -0.249. The maximum Gasteiger partial charge on any atom is 0.226 e. The minimum absolute atomic E-state index is 0.00554. The zero-order valence-corrected chi connectivity index (χ0v) is 16.7. The molecule has 5 heteroatoms. The lowest BCUT2D eigenvalue weighted by Gasteiger charge is -2.21. The van der Waals surface area contributed by atoms with Crippen molar-refractivity contribution < 1.29 is 9.59 Å². The molecule has 4 rings (SSSR count). The van der Waals surface area contributed by atoms with Gasteiger partial charge in [-0.05, 0) is 42.5 Å². The van der Waals surface area contributed by atoms with Crippen molar-refractivity contribution in [2.45, 2.75) is 31.2 Å². The Bertz CT molecular complexity index is 831. The van der Waals surface area contributed by atoms with Gasteiger partial charge in [0.1, 0.15) is 0 Å². The Morgan fingerprint density at radius 1 is 1.11 bits per heavy atom. The van der Waals surface area contributed by atoms with E-state index in [1.54, 1.807) is 0 Å². The first kappa shape index (κ1) is 18.2. The summed E-state index contributed by atoms with van der Waals surface area (Å²) in [5.74, 6) is -0.160. The van der Waals surface area contributed by atoms with Crippen molar-refractivity contribution in [2.24, 2.45) is 5.92 Å². The predicted octanol–water partition coefficient (Wildman–Crippen LogP) is 3.65. The van der Waals surface area contributed by atoms with Crippen molar-refractivity contribution in [1.82, 2.24) is 10.2 Å². The van der Waals surface area contributed by atoms with E-state index >= 15 is 0 Å². The van der Waals surface area contributed by atoms with Gasteiger partial charge in [0.25, 0.3) is 0 Å². The maximum absolute atomic E-state index is 12.8. The molecule has 1 N–H and O–H groups in total. The average molecular weight is 427 g/mol. The number of nitrogens with one attached hydrogen (secondary N) is 1. The Morgan fingerprint density at radius 2 is 1.81 bits per heavy atom. The third-order valence-corrected chi connectivity index (χ3v) is 6.14. The molecule has 2 aliphatic rings. The van der Waals surface area contributed by atoms with E-state index in [1.165, 1.54) is 5.56 Å². The summed E-state index contributed by atoms with van der Waals surface area (Å²) >= 11 is 3.45. The summed E-state index contributed by atoms with van der Waals surface area (Å²) in [6, 6.07) is 18.3. The maximum atomic E-state index is 12.8. The van der Waals surface area contributed by atoms with Gasteiger partial charge in [-0.3, -0.25) is 9.59 Å². The number of nitrogens with zero attached hydrogens (tertiary/aromatic N) is 1. The van der Waals surface area contributed by atoms with Crippen LogP contribution < -0.4 is 5.32 Å². The number of hydrogen-bond donors (Lipinski definition) is 1. The quantitative estimate of drug-likeness (QED) is 0.766. The van der Waals surface area contributed by atoms with Crippen LogP contribution in [0, 0.1) is 5.92 Å². The molecule has 2 fully saturated rings. The Kier molecular flexibility index (Phi) is 5.04. The Balaban J connectivity index is 1.34. The fourth-order valence-corrected chi connectivity index (χ4v) is 4.05. The third kappa shape index (κ3) is 4.08. The molecule has 4 nitrogen and oxygen atoms in total. The lowest BCUT2D eigenvalue weighted by atomic mass is 10.0. The first-order chi connectivity index (χ1) is 13.1. The van der Waals surface area contributed by atoms with Gasteiger partial charge in [0.15, 0.2) is 0 Å². The first-order valence-corrected chi connectivity index (χ1v) is 10.2. The SMILES string of the molecule is O=C(NC1(c2ccc(Br)cc2)CC1)C1CC(=O)N(CCc2ccccc2)C1. The van der Waals surface area contributed by atoms with Gasteiger partial charge >= 0.3 is 0 Å². The number of carbonyl (C=O) groups is 2. The van der Waals surface area contributed by atoms with Crippen molar-refractivity contribution in [1.29, 1.82) is 0 Å². The molecule has 1 unspecified atom stereocenters. The molecule has 2 aromatic carbocycles.